The SMILES string of the molecule is NC(C(O)CCc1ccco1)n1c2ccccc2c2ccccc21. The smallest absolute Gasteiger partial charge is 0.108 e. The second-order valence-electron chi connectivity index (χ2n) is 6.08. The molecule has 2 heterocycles. The van der Waals surface area contributed by atoms with Crippen LogP contribution in [0.1, 0.15) is 18.3 Å². The summed E-state index contributed by atoms with van der Waals surface area (Å²) in [4.78, 5) is 0. The van der Waals surface area contributed by atoms with E-state index in [1.54, 1.807) is 6.26 Å². The summed E-state index contributed by atoms with van der Waals surface area (Å²) < 4.78 is 7.38. The van der Waals surface area contributed by atoms with Gasteiger partial charge in [-0.15, -0.1) is 0 Å². The molecule has 0 aliphatic heterocycles. The second kappa shape index (κ2) is 6.15. The number of nitrogens with two attached hydrogens (primary N) is 1. The van der Waals surface area contributed by atoms with E-state index in [0.717, 1.165) is 27.6 Å². The van der Waals surface area contributed by atoms with Crippen molar-refractivity contribution in [3.8, 4) is 0 Å². The van der Waals surface area contributed by atoms with E-state index < -0.39 is 12.3 Å². The lowest BCUT2D eigenvalue weighted by molar-refractivity contribution is 0.109. The molecule has 0 fully saturated rings. The fourth-order valence-electron chi connectivity index (χ4n) is 3.36. The third kappa shape index (κ3) is 2.50. The van der Waals surface area contributed by atoms with Crippen LogP contribution >= 0.6 is 0 Å². The van der Waals surface area contributed by atoms with Crippen LogP contribution in [0.3, 0.4) is 0 Å². The van der Waals surface area contributed by atoms with Gasteiger partial charge in [0, 0.05) is 17.2 Å². The van der Waals surface area contributed by atoms with Gasteiger partial charge in [-0.3, -0.25) is 0 Å². The predicted molar refractivity (Wildman–Crippen MR) is 95.7 cm³/mol. The molecule has 2 unspecified atom stereocenters. The highest BCUT2D eigenvalue weighted by molar-refractivity contribution is 6.08. The summed E-state index contributed by atoms with van der Waals surface area (Å²) in [5, 5.41) is 12.9. The Kier molecular flexibility index (Phi) is 3.84. The van der Waals surface area contributed by atoms with E-state index in [1.807, 2.05) is 41.0 Å². The van der Waals surface area contributed by atoms with Crippen molar-refractivity contribution < 1.29 is 9.52 Å². The first-order valence-corrected chi connectivity index (χ1v) is 8.19. The van der Waals surface area contributed by atoms with Crippen LogP contribution in [-0.4, -0.2) is 15.8 Å². The van der Waals surface area contributed by atoms with Gasteiger partial charge >= 0.3 is 0 Å². The van der Waals surface area contributed by atoms with Crippen molar-refractivity contribution in [1.29, 1.82) is 0 Å². The lowest BCUT2D eigenvalue weighted by Gasteiger charge is -2.22. The molecule has 0 bridgehead atoms. The molecule has 2 aromatic carbocycles. The Hall–Kier alpha value is -2.56. The third-order valence-corrected chi connectivity index (χ3v) is 4.58. The number of aromatic nitrogens is 1. The van der Waals surface area contributed by atoms with E-state index in [2.05, 4.69) is 24.3 Å². The lowest BCUT2D eigenvalue weighted by atomic mass is 10.1. The van der Waals surface area contributed by atoms with Crippen LogP contribution in [0.2, 0.25) is 0 Å². The largest absolute Gasteiger partial charge is 0.469 e. The number of aliphatic hydroxyl groups is 1. The van der Waals surface area contributed by atoms with E-state index in [-0.39, 0.29) is 0 Å². The number of hydrogen-bond acceptors (Lipinski definition) is 3. The fraction of sp³-hybridized carbons (Fsp3) is 0.200. The first-order valence-electron chi connectivity index (χ1n) is 8.19. The number of para-hydroxylation sites is 2. The quantitative estimate of drug-likeness (QED) is 0.587. The van der Waals surface area contributed by atoms with Gasteiger partial charge in [0.25, 0.3) is 0 Å². The molecule has 3 N–H and O–H groups in total. The van der Waals surface area contributed by atoms with E-state index >= 15 is 0 Å². The molecule has 0 aliphatic carbocycles. The van der Waals surface area contributed by atoms with Crippen LogP contribution in [0.25, 0.3) is 21.8 Å². The molecule has 4 heteroatoms. The Morgan fingerprint density at radius 1 is 0.917 bits per heavy atom. The summed E-state index contributed by atoms with van der Waals surface area (Å²) in [6.07, 6.45) is 1.70. The van der Waals surface area contributed by atoms with E-state index in [1.165, 1.54) is 0 Å². The molecule has 4 aromatic rings. The average Bonchev–Trinajstić information content (AvgIpc) is 3.25. The summed E-state index contributed by atoms with van der Waals surface area (Å²) in [5.41, 5.74) is 8.53. The van der Waals surface area contributed by atoms with Gasteiger partial charge in [0.1, 0.15) is 11.9 Å². The van der Waals surface area contributed by atoms with E-state index in [0.29, 0.717) is 12.8 Å². The first-order chi connectivity index (χ1) is 11.8. The highest BCUT2D eigenvalue weighted by atomic mass is 16.3. The number of furan rings is 1. The van der Waals surface area contributed by atoms with Gasteiger partial charge in [0.05, 0.1) is 23.4 Å². The van der Waals surface area contributed by atoms with Crippen LogP contribution in [0.5, 0.6) is 0 Å². The molecule has 122 valence electrons. The highest BCUT2D eigenvalue weighted by Gasteiger charge is 2.21. The topological polar surface area (TPSA) is 64.3 Å². The van der Waals surface area contributed by atoms with Gasteiger partial charge in [-0.2, -0.15) is 0 Å². The monoisotopic (exact) mass is 320 g/mol. The molecule has 0 saturated carbocycles. The van der Waals surface area contributed by atoms with Gasteiger partial charge in [-0.05, 0) is 30.7 Å². The van der Waals surface area contributed by atoms with E-state index in [9.17, 15) is 5.11 Å². The minimum Gasteiger partial charge on any atom is -0.469 e. The molecule has 2 aromatic heterocycles. The number of benzene rings is 2. The fourth-order valence-corrected chi connectivity index (χ4v) is 3.36. The van der Waals surface area contributed by atoms with Gasteiger partial charge in [0.2, 0.25) is 0 Å². The van der Waals surface area contributed by atoms with Crippen molar-refractivity contribution in [2.75, 3.05) is 0 Å². The number of nitrogens with zero attached hydrogens (tertiary/aromatic N) is 1. The number of aryl methyl sites for hydroxylation is 1. The average molecular weight is 320 g/mol. The van der Waals surface area contributed by atoms with Crippen LogP contribution in [-0.2, 0) is 6.42 Å². The highest BCUT2D eigenvalue weighted by Crippen LogP contribution is 2.31. The predicted octanol–water partition coefficient (Wildman–Crippen LogP) is 3.84. The van der Waals surface area contributed by atoms with Crippen molar-refractivity contribution in [1.82, 2.24) is 4.57 Å². The zero-order valence-electron chi connectivity index (χ0n) is 13.3. The lowest BCUT2D eigenvalue weighted by Crippen LogP contribution is -2.31. The Bertz CT molecular complexity index is 903. The molecule has 0 amide bonds. The minimum absolute atomic E-state index is 0.509. The van der Waals surface area contributed by atoms with E-state index in [4.69, 9.17) is 10.2 Å². The summed E-state index contributed by atoms with van der Waals surface area (Å²) >= 11 is 0. The molecular weight excluding hydrogens is 300 g/mol. The number of hydrogen-bond donors (Lipinski definition) is 2. The van der Waals surface area contributed by atoms with Crippen LogP contribution in [0.15, 0.2) is 71.3 Å². The molecule has 24 heavy (non-hydrogen) atoms. The van der Waals surface area contributed by atoms with Crippen LogP contribution in [0, 0.1) is 0 Å². The number of rotatable bonds is 5. The third-order valence-electron chi connectivity index (χ3n) is 4.58. The molecule has 0 radical (unpaired) electrons. The van der Waals surface area contributed by atoms with Crippen molar-refractivity contribution in [3.63, 3.8) is 0 Å². The van der Waals surface area contributed by atoms with Gasteiger partial charge in [-0.25, -0.2) is 0 Å². The molecule has 4 nitrogen and oxygen atoms in total. The Morgan fingerprint density at radius 3 is 2.12 bits per heavy atom. The maximum Gasteiger partial charge on any atom is 0.108 e. The summed E-state index contributed by atoms with van der Waals surface area (Å²) in [6.45, 7) is 0. The normalized spacial score (nSPS) is 14.2. The maximum atomic E-state index is 10.6. The van der Waals surface area contributed by atoms with Crippen molar-refractivity contribution in [3.05, 3.63) is 72.7 Å². The molecule has 0 aliphatic rings. The van der Waals surface area contributed by atoms with Crippen molar-refractivity contribution in [2.24, 2.45) is 5.73 Å². The van der Waals surface area contributed by atoms with Gasteiger partial charge < -0.3 is 19.8 Å². The summed E-state index contributed by atoms with van der Waals surface area (Å²) in [6, 6.07) is 20.1. The van der Waals surface area contributed by atoms with Gasteiger partial charge in [-0.1, -0.05) is 36.4 Å². The summed E-state index contributed by atoms with van der Waals surface area (Å²) in [7, 11) is 0. The zero-order valence-corrected chi connectivity index (χ0v) is 13.3. The zero-order chi connectivity index (χ0) is 16.5. The maximum absolute atomic E-state index is 10.6. The number of aliphatic hydroxyl groups excluding tert-OH is 1. The molecule has 0 saturated heterocycles. The van der Waals surface area contributed by atoms with Crippen molar-refractivity contribution >= 4 is 21.8 Å². The van der Waals surface area contributed by atoms with Crippen LogP contribution < -0.4 is 5.73 Å². The molecular formula is C20H20N2O2. The second-order valence-corrected chi connectivity index (χ2v) is 6.08. The standard InChI is InChI=1S/C20H20N2O2/c21-20(19(23)12-11-14-6-5-13-24-14)22-17-9-3-1-7-15(17)16-8-2-4-10-18(16)22/h1-10,13,19-20,23H,11-12,21H2. The minimum atomic E-state index is -0.658. The molecule has 2 atom stereocenters. The van der Waals surface area contributed by atoms with Gasteiger partial charge in [0.15, 0.2) is 0 Å². The molecule has 0 spiro atoms. The number of fused-ring (bicyclic) bond motifs is 3. The van der Waals surface area contributed by atoms with Crippen molar-refractivity contribution in [2.45, 2.75) is 25.1 Å². The molecule has 4 rings (SSSR count). The first kappa shape index (κ1) is 15.0. The van der Waals surface area contributed by atoms with Crippen LogP contribution in [0.4, 0.5) is 0 Å². The summed E-state index contributed by atoms with van der Waals surface area (Å²) in [5.74, 6) is 0.864. The Labute approximate surface area is 140 Å². The Balaban J connectivity index is 1.71. The Morgan fingerprint density at radius 2 is 1.54 bits per heavy atom.